The lowest BCUT2D eigenvalue weighted by atomic mass is 9.90. The van der Waals surface area contributed by atoms with Crippen molar-refractivity contribution < 1.29 is 0 Å². The van der Waals surface area contributed by atoms with Crippen LogP contribution in [0.4, 0.5) is 0 Å². The number of rotatable bonds is 5. The Morgan fingerprint density at radius 2 is 2.11 bits per heavy atom. The molecule has 1 heterocycles. The number of aromatic nitrogens is 1. The lowest BCUT2D eigenvalue weighted by molar-refractivity contribution is 0.271. The van der Waals surface area contributed by atoms with E-state index in [2.05, 4.69) is 12.2 Å². The van der Waals surface area contributed by atoms with Crippen LogP contribution in [0, 0.1) is 5.92 Å². The van der Waals surface area contributed by atoms with Gasteiger partial charge in [-0.3, -0.25) is 0 Å². The molecule has 1 aromatic rings. The maximum Gasteiger partial charge on any atom is 0.114 e. The predicted octanol–water partition coefficient (Wildman–Crippen LogP) is 3.40. The van der Waals surface area contributed by atoms with Gasteiger partial charge in [0.25, 0.3) is 0 Å². The van der Waals surface area contributed by atoms with Gasteiger partial charge in [0.1, 0.15) is 5.01 Å². The summed E-state index contributed by atoms with van der Waals surface area (Å²) in [4.78, 5) is 6.62. The number of nitrogens with one attached hydrogen (secondary N) is 1. The van der Waals surface area contributed by atoms with Crippen LogP contribution in [0.15, 0.2) is 0 Å². The van der Waals surface area contributed by atoms with E-state index in [0.29, 0.717) is 0 Å². The summed E-state index contributed by atoms with van der Waals surface area (Å²) >= 11 is 2.02. The number of hydrogen-bond donors (Lipinski definition) is 1. The Balaban J connectivity index is 1.70. The maximum atomic E-state index is 5.03. The predicted molar refractivity (Wildman–Crippen MR) is 75.0 cm³/mol. The van der Waals surface area contributed by atoms with Gasteiger partial charge in [0.2, 0.25) is 0 Å². The molecule has 2 nitrogen and oxygen atoms in total. The molecule has 0 amide bonds. The summed E-state index contributed by atoms with van der Waals surface area (Å²) < 4.78 is 0. The van der Waals surface area contributed by atoms with Gasteiger partial charge < -0.3 is 5.32 Å². The Morgan fingerprint density at radius 3 is 2.72 bits per heavy atom. The third-order valence-electron chi connectivity index (χ3n) is 4.85. The van der Waals surface area contributed by atoms with Crippen molar-refractivity contribution in [2.75, 3.05) is 0 Å². The summed E-state index contributed by atoms with van der Waals surface area (Å²) in [7, 11) is 0. The summed E-state index contributed by atoms with van der Waals surface area (Å²) in [6, 6.07) is 0.782. The zero-order chi connectivity index (χ0) is 12.2. The highest BCUT2D eigenvalue weighted by atomic mass is 32.1. The molecule has 1 aromatic heterocycles. The standard InChI is InChI=1S/C15H22N2S/c1-2-15(10-6-7-10,17-11-8-9-11)14-16-12-4-3-5-13(12)18-14/h10-11,17H,2-9H2,1H3. The van der Waals surface area contributed by atoms with Gasteiger partial charge in [0, 0.05) is 10.9 Å². The molecule has 2 fully saturated rings. The largest absolute Gasteiger partial charge is 0.302 e. The van der Waals surface area contributed by atoms with Crippen LogP contribution in [0.2, 0.25) is 0 Å². The summed E-state index contributed by atoms with van der Waals surface area (Å²) in [5, 5.41) is 5.39. The first-order valence-electron chi connectivity index (χ1n) is 7.58. The molecule has 2 saturated carbocycles. The van der Waals surface area contributed by atoms with Crippen molar-refractivity contribution in [3.05, 3.63) is 15.6 Å². The first-order chi connectivity index (χ1) is 8.82. The van der Waals surface area contributed by atoms with Crippen molar-refractivity contribution in [1.29, 1.82) is 0 Å². The van der Waals surface area contributed by atoms with Gasteiger partial charge in [0.15, 0.2) is 0 Å². The van der Waals surface area contributed by atoms with Gasteiger partial charge in [-0.2, -0.15) is 0 Å². The fraction of sp³-hybridized carbons (Fsp3) is 0.800. The van der Waals surface area contributed by atoms with Crippen molar-refractivity contribution in [2.24, 2.45) is 5.92 Å². The van der Waals surface area contributed by atoms with Crippen molar-refractivity contribution in [3.8, 4) is 0 Å². The Bertz CT molecular complexity index is 438. The van der Waals surface area contributed by atoms with Crippen LogP contribution in [0.5, 0.6) is 0 Å². The van der Waals surface area contributed by atoms with Crippen LogP contribution in [0.25, 0.3) is 0 Å². The number of thiazole rings is 1. The number of fused-ring (bicyclic) bond motifs is 1. The average molecular weight is 262 g/mol. The second kappa shape index (κ2) is 4.04. The fourth-order valence-corrected chi connectivity index (χ4v) is 4.90. The fourth-order valence-electron chi connectivity index (χ4n) is 3.45. The van der Waals surface area contributed by atoms with E-state index in [1.54, 1.807) is 4.88 Å². The molecule has 18 heavy (non-hydrogen) atoms. The maximum absolute atomic E-state index is 5.03. The Kier molecular flexibility index (Phi) is 2.56. The molecule has 0 aliphatic heterocycles. The lowest BCUT2D eigenvalue weighted by Crippen LogP contribution is -2.45. The average Bonchev–Trinajstić information content (AvgIpc) is 3.26. The number of hydrogen-bond acceptors (Lipinski definition) is 3. The minimum Gasteiger partial charge on any atom is -0.302 e. The van der Waals surface area contributed by atoms with E-state index in [9.17, 15) is 0 Å². The van der Waals surface area contributed by atoms with Crippen molar-refractivity contribution in [3.63, 3.8) is 0 Å². The topological polar surface area (TPSA) is 24.9 Å². The molecule has 0 aromatic carbocycles. The van der Waals surface area contributed by atoms with Crippen molar-refractivity contribution >= 4 is 11.3 Å². The molecule has 1 unspecified atom stereocenters. The lowest BCUT2D eigenvalue weighted by Gasteiger charge is -2.32. The highest BCUT2D eigenvalue weighted by Gasteiger charge is 2.49. The van der Waals surface area contributed by atoms with E-state index in [1.807, 2.05) is 11.3 Å². The second-order valence-electron chi connectivity index (χ2n) is 6.26. The zero-order valence-electron chi connectivity index (χ0n) is 11.2. The van der Waals surface area contributed by atoms with Gasteiger partial charge in [-0.15, -0.1) is 11.3 Å². The molecule has 0 saturated heterocycles. The molecule has 0 radical (unpaired) electrons. The third kappa shape index (κ3) is 1.75. The van der Waals surface area contributed by atoms with Crippen LogP contribution in [-0.4, -0.2) is 11.0 Å². The molecule has 3 aliphatic carbocycles. The first-order valence-corrected chi connectivity index (χ1v) is 8.40. The SMILES string of the molecule is CCC(NC1CC1)(c1nc2c(s1)CCC2)C1CC1. The summed E-state index contributed by atoms with van der Waals surface area (Å²) in [5.41, 5.74) is 1.65. The minimum absolute atomic E-state index is 0.232. The molecule has 3 heteroatoms. The summed E-state index contributed by atoms with van der Waals surface area (Å²) in [6.07, 6.45) is 10.6. The van der Waals surface area contributed by atoms with Crippen molar-refractivity contribution in [2.45, 2.75) is 69.9 Å². The van der Waals surface area contributed by atoms with Gasteiger partial charge in [-0.1, -0.05) is 6.92 Å². The van der Waals surface area contributed by atoms with Gasteiger partial charge >= 0.3 is 0 Å². The van der Waals surface area contributed by atoms with Crippen LogP contribution in [0.3, 0.4) is 0 Å². The van der Waals surface area contributed by atoms with Gasteiger partial charge in [-0.05, 0) is 57.3 Å². The van der Waals surface area contributed by atoms with Crippen LogP contribution in [0.1, 0.15) is 61.0 Å². The molecule has 3 aliphatic rings. The van der Waals surface area contributed by atoms with E-state index in [-0.39, 0.29) is 5.54 Å². The monoisotopic (exact) mass is 262 g/mol. The quantitative estimate of drug-likeness (QED) is 0.879. The smallest absolute Gasteiger partial charge is 0.114 e. The summed E-state index contributed by atoms with van der Waals surface area (Å²) in [5.74, 6) is 0.856. The number of nitrogens with zero attached hydrogens (tertiary/aromatic N) is 1. The molecule has 4 rings (SSSR count). The highest BCUT2D eigenvalue weighted by molar-refractivity contribution is 7.12. The molecular formula is C15H22N2S. The number of aryl methyl sites for hydroxylation is 2. The molecule has 0 bridgehead atoms. The molecule has 1 atom stereocenters. The zero-order valence-corrected chi connectivity index (χ0v) is 12.0. The van der Waals surface area contributed by atoms with E-state index < -0.39 is 0 Å². The normalized spacial score (nSPS) is 26.1. The Hall–Kier alpha value is -0.410. The summed E-state index contributed by atoms with van der Waals surface area (Å²) in [6.45, 7) is 2.35. The molecular weight excluding hydrogens is 240 g/mol. The molecule has 0 spiro atoms. The van der Waals surface area contributed by atoms with Crippen molar-refractivity contribution in [1.82, 2.24) is 10.3 Å². The first kappa shape index (κ1) is 11.4. The van der Waals surface area contributed by atoms with E-state index in [1.165, 1.54) is 62.1 Å². The molecule has 1 N–H and O–H groups in total. The Labute approximate surface area is 113 Å². The van der Waals surface area contributed by atoms with E-state index >= 15 is 0 Å². The van der Waals surface area contributed by atoms with E-state index in [0.717, 1.165) is 12.0 Å². The van der Waals surface area contributed by atoms with Gasteiger partial charge in [-0.25, -0.2) is 4.98 Å². The molecule has 98 valence electrons. The second-order valence-corrected chi connectivity index (χ2v) is 7.34. The Morgan fingerprint density at radius 1 is 1.28 bits per heavy atom. The van der Waals surface area contributed by atoms with Crippen LogP contribution in [-0.2, 0) is 18.4 Å². The van der Waals surface area contributed by atoms with Crippen LogP contribution < -0.4 is 5.32 Å². The van der Waals surface area contributed by atoms with Gasteiger partial charge in [0.05, 0.1) is 11.2 Å². The van der Waals surface area contributed by atoms with Crippen LogP contribution >= 0.6 is 11.3 Å². The third-order valence-corrected chi connectivity index (χ3v) is 6.18. The minimum atomic E-state index is 0.232. The highest BCUT2D eigenvalue weighted by Crippen LogP contribution is 2.51. The van der Waals surface area contributed by atoms with E-state index in [4.69, 9.17) is 4.98 Å².